The van der Waals surface area contributed by atoms with E-state index in [-0.39, 0.29) is 5.69 Å². The molecule has 2 rings (SSSR count). The van der Waals surface area contributed by atoms with Gasteiger partial charge in [-0.05, 0) is 26.0 Å². The monoisotopic (exact) mass is 382 g/mol. The van der Waals surface area contributed by atoms with E-state index in [0.29, 0.717) is 9.37 Å². The van der Waals surface area contributed by atoms with Gasteiger partial charge in [-0.2, -0.15) is 0 Å². The van der Waals surface area contributed by atoms with Crippen molar-refractivity contribution in [3.63, 3.8) is 0 Å². The van der Waals surface area contributed by atoms with Gasteiger partial charge < -0.3 is 5.73 Å². The summed E-state index contributed by atoms with van der Waals surface area (Å²) in [6, 6.07) is 4.89. The van der Waals surface area contributed by atoms with Crippen LogP contribution in [0.5, 0.6) is 0 Å². The number of allylic oxidation sites excluding steroid dienone is 2. The summed E-state index contributed by atoms with van der Waals surface area (Å²) in [5.41, 5.74) is 6.46. The highest BCUT2D eigenvalue weighted by atomic mass is 79.9. The van der Waals surface area contributed by atoms with Gasteiger partial charge in [-0.15, -0.1) is 11.8 Å². The quantitative estimate of drug-likeness (QED) is 0.633. The molecule has 1 aliphatic carbocycles. The van der Waals surface area contributed by atoms with Crippen molar-refractivity contribution in [1.29, 1.82) is 0 Å². The van der Waals surface area contributed by atoms with Gasteiger partial charge in [0.25, 0.3) is 5.69 Å². The Hall–Kier alpha value is -1.60. The number of nitro benzene ring substituents is 1. The summed E-state index contributed by atoms with van der Waals surface area (Å²) in [7, 11) is 0. The molecule has 2 N–H and O–H groups in total. The highest BCUT2D eigenvalue weighted by Gasteiger charge is 2.41. The van der Waals surface area contributed by atoms with E-state index in [2.05, 4.69) is 15.9 Å². The fourth-order valence-corrected chi connectivity index (χ4v) is 4.09. The Morgan fingerprint density at radius 1 is 1.50 bits per heavy atom. The second-order valence-electron chi connectivity index (χ2n) is 5.19. The molecule has 1 aromatic rings. The van der Waals surface area contributed by atoms with Gasteiger partial charge in [-0.1, -0.05) is 39.7 Å². The van der Waals surface area contributed by atoms with Crippen molar-refractivity contribution in [1.82, 2.24) is 0 Å². The number of benzene rings is 1. The molecule has 0 fully saturated rings. The number of rotatable bonds is 4. The van der Waals surface area contributed by atoms with E-state index in [9.17, 15) is 14.9 Å². The highest BCUT2D eigenvalue weighted by Crippen LogP contribution is 2.48. The molecule has 22 heavy (non-hydrogen) atoms. The first kappa shape index (κ1) is 16.8. The lowest BCUT2D eigenvalue weighted by Crippen LogP contribution is -2.41. The molecule has 116 valence electrons. The number of amides is 1. The summed E-state index contributed by atoms with van der Waals surface area (Å²) in [6.45, 7) is 3.78. The van der Waals surface area contributed by atoms with Crippen LogP contribution in [0.3, 0.4) is 0 Å². The van der Waals surface area contributed by atoms with Crippen molar-refractivity contribution < 1.29 is 9.72 Å². The minimum atomic E-state index is -0.654. The molecule has 0 heterocycles. The molecular weight excluding hydrogens is 368 g/mol. The van der Waals surface area contributed by atoms with E-state index in [0.717, 1.165) is 5.57 Å². The highest BCUT2D eigenvalue weighted by molar-refractivity contribution is 9.10. The van der Waals surface area contributed by atoms with Crippen molar-refractivity contribution in [3.8, 4) is 0 Å². The number of carbonyl (C=O) groups is 1. The third-order valence-electron chi connectivity index (χ3n) is 3.77. The molecule has 0 saturated heterocycles. The molecule has 0 bridgehead atoms. The molecule has 0 spiro atoms. The molecule has 0 aliphatic heterocycles. The first-order valence-corrected chi connectivity index (χ1v) is 8.14. The van der Waals surface area contributed by atoms with E-state index >= 15 is 0 Å². The molecule has 5 nitrogen and oxygen atoms in total. The second-order valence-corrected chi connectivity index (χ2v) is 7.60. The van der Waals surface area contributed by atoms with Crippen molar-refractivity contribution in [2.75, 3.05) is 0 Å². The Kier molecular flexibility index (Phi) is 4.77. The van der Waals surface area contributed by atoms with Crippen LogP contribution in [0.15, 0.2) is 51.4 Å². The first-order valence-electron chi connectivity index (χ1n) is 6.53. The van der Waals surface area contributed by atoms with Crippen LogP contribution in [0.4, 0.5) is 5.69 Å². The minimum absolute atomic E-state index is 0.00572. The first-order chi connectivity index (χ1) is 10.3. The van der Waals surface area contributed by atoms with Gasteiger partial charge in [-0.25, -0.2) is 0 Å². The summed E-state index contributed by atoms with van der Waals surface area (Å²) >= 11 is 4.53. The molecule has 2 atom stereocenters. The van der Waals surface area contributed by atoms with Crippen LogP contribution >= 0.6 is 27.7 Å². The lowest BCUT2D eigenvalue weighted by Gasteiger charge is -2.36. The Bertz CT molecular complexity index is 702. The van der Waals surface area contributed by atoms with E-state index in [4.69, 9.17) is 5.73 Å². The van der Waals surface area contributed by atoms with Crippen LogP contribution in [0.25, 0.3) is 0 Å². The maximum absolute atomic E-state index is 11.8. The number of hydrogen-bond donors (Lipinski definition) is 1. The maximum Gasteiger partial charge on any atom is 0.284 e. The van der Waals surface area contributed by atoms with Gasteiger partial charge in [0.1, 0.15) is 0 Å². The average molecular weight is 383 g/mol. The zero-order valence-electron chi connectivity index (χ0n) is 12.1. The fraction of sp³-hybridized carbons (Fsp3) is 0.267. The molecule has 1 aromatic carbocycles. The van der Waals surface area contributed by atoms with E-state index in [1.165, 1.54) is 17.8 Å². The summed E-state index contributed by atoms with van der Waals surface area (Å²) in [4.78, 5) is 23.1. The number of carbonyl (C=O) groups excluding carboxylic acids is 1. The zero-order valence-corrected chi connectivity index (χ0v) is 14.5. The summed E-state index contributed by atoms with van der Waals surface area (Å²) in [5, 5.41) is 11.3. The minimum Gasteiger partial charge on any atom is -0.369 e. The molecule has 0 saturated carbocycles. The SMILES string of the molecule is CC1=CC=CC(C(N)=O)C1(C)Sc1ccc(Br)cc1[N+](=O)[O-]. The van der Waals surface area contributed by atoms with Gasteiger partial charge >= 0.3 is 0 Å². The van der Waals surface area contributed by atoms with Gasteiger partial charge in [0.05, 0.1) is 20.5 Å². The van der Waals surface area contributed by atoms with Crippen molar-refractivity contribution in [2.45, 2.75) is 23.5 Å². The number of halogens is 1. The van der Waals surface area contributed by atoms with Crippen molar-refractivity contribution in [2.24, 2.45) is 11.7 Å². The molecule has 7 heteroatoms. The van der Waals surface area contributed by atoms with Gasteiger partial charge in [0.15, 0.2) is 0 Å². The number of nitrogens with zero attached hydrogens (tertiary/aromatic N) is 1. The number of hydrogen-bond acceptors (Lipinski definition) is 4. The van der Waals surface area contributed by atoms with Gasteiger partial charge in [0.2, 0.25) is 5.91 Å². The van der Waals surface area contributed by atoms with Gasteiger partial charge in [0, 0.05) is 10.5 Å². The largest absolute Gasteiger partial charge is 0.369 e. The number of thioether (sulfide) groups is 1. The summed E-state index contributed by atoms with van der Waals surface area (Å²) < 4.78 is -0.0185. The Morgan fingerprint density at radius 2 is 2.18 bits per heavy atom. The predicted molar refractivity (Wildman–Crippen MR) is 90.6 cm³/mol. The molecular formula is C15H15BrN2O3S. The normalized spacial score (nSPS) is 24.0. The van der Waals surface area contributed by atoms with E-state index in [1.807, 2.05) is 19.9 Å². The smallest absolute Gasteiger partial charge is 0.284 e. The van der Waals surface area contributed by atoms with Crippen LogP contribution in [0, 0.1) is 16.0 Å². The lowest BCUT2D eigenvalue weighted by molar-refractivity contribution is -0.387. The third-order valence-corrected chi connectivity index (χ3v) is 5.83. The van der Waals surface area contributed by atoms with Crippen LogP contribution in [-0.2, 0) is 4.79 Å². The third kappa shape index (κ3) is 3.10. The Labute approximate surface area is 140 Å². The molecule has 2 unspecified atom stereocenters. The van der Waals surface area contributed by atoms with E-state index < -0.39 is 21.5 Å². The number of nitrogens with two attached hydrogens (primary N) is 1. The summed E-state index contributed by atoms with van der Waals surface area (Å²) in [6.07, 6.45) is 5.44. The van der Waals surface area contributed by atoms with Crippen LogP contribution in [0.1, 0.15) is 13.8 Å². The standard InChI is InChI=1S/C15H15BrN2O3S/c1-9-4-3-5-11(14(17)19)15(9,2)22-13-7-6-10(16)8-12(13)18(20)21/h3-8,11H,1-2H3,(H2,17,19). The molecule has 0 radical (unpaired) electrons. The topological polar surface area (TPSA) is 86.2 Å². The van der Waals surface area contributed by atoms with Crippen molar-refractivity contribution >= 4 is 39.3 Å². The fourth-order valence-electron chi connectivity index (χ4n) is 2.36. The van der Waals surface area contributed by atoms with Crippen LogP contribution < -0.4 is 5.73 Å². The van der Waals surface area contributed by atoms with Crippen LogP contribution in [0.2, 0.25) is 0 Å². The number of nitro groups is 1. The maximum atomic E-state index is 11.8. The average Bonchev–Trinajstić information content (AvgIpc) is 2.43. The lowest BCUT2D eigenvalue weighted by atomic mass is 9.83. The Morgan fingerprint density at radius 3 is 2.77 bits per heavy atom. The predicted octanol–water partition coefficient (Wildman–Crippen LogP) is 3.83. The Balaban J connectivity index is 2.48. The molecule has 0 aromatic heterocycles. The van der Waals surface area contributed by atoms with Gasteiger partial charge in [-0.3, -0.25) is 14.9 Å². The van der Waals surface area contributed by atoms with E-state index in [1.54, 1.807) is 24.3 Å². The molecule has 1 amide bonds. The second kappa shape index (κ2) is 6.26. The van der Waals surface area contributed by atoms with Crippen molar-refractivity contribution in [3.05, 3.63) is 56.6 Å². The number of primary amides is 1. The zero-order chi connectivity index (χ0) is 16.5. The van der Waals surface area contributed by atoms with Crippen LogP contribution in [-0.4, -0.2) is 15.6 Å². The summed E-state index contributed by atoms with van der Waals surface area (Å²) in [5.74, 6) is -0.968. The molecule has 1 aliphatic rings.